The summed E-state index contributed by atoms with van der Waals surface area (Å²) < 4.78 is 5.44. The fourth-order valence-corrected chi connectivity index (χ4v) is 3.99. The minimum atomic E-state index is -0.713. The van der Waals surface area contributed by atoms with E-state index < -0.39 is 17.7 Å². The summed E-state index contributed by atoms with van der Waals surface area (Å²) in [4.78, 5) is 27.6. The number of aliphatic hydroxyl groups is 1. The smallest absolute Gasteiger partial charge is 0.296 e. The van der Waals surface area contributed by atoms with Crippen LogP contribution in [0.2, 0.25) is 0 Å². The first kappa shape index (κ1) is 21.6. The highest BCUT2D eigenvalue weighted by Gasteiger charge is 2.46. The van der Waals surface area contributed by atoms with Crippen molar-refractivity contribution in [3.05, 3.63) is 101 Å². The first-order valence-electron chi connectivity index (χ1n) is 10.6. The number of carbonyl (C=O) groups excluding carboxylic acids is 2. The van der Waals surface area contributed by atoms with Gasteiger partial charge in [-0.1, -0.05) is 74.9 Å². The van der Waals surface area contributed by atoms with E-state index in [1.54, 1.807) is 24.3 Å². The van der Waals surface area contributed by atoms with Gasteiger partial charge in [0.1, 0.15) is 11.5 Å². The number of ketones is 1. The molecular weight excluding hydrogens is 402 g/mol. The Morgan fingerprint density at radius 3 is 2.22 bits per heavy atom. The van der Waals surface area contributed by atoms with Gasteiger partial charge in [-0.3, -0.25) is 9.59 Å². The van der Waals surface area contributed by atoms with Gasteiger partial charge in [-0.25, -0.2) is 0 Å². The SMILES string of the molecule is Cc1ccc(/C(O)=C2\C(=O)C(=O)N(Cc3ccco3)C2c2ccc(C(C)(C)C)cc2)cc1. The summed E-state index contributed by atoms with van der Waals surface area (Å²) in [5, 5.41) is 11.1. The number of likely N-dealkylation sites (tertiary alicyclic amines) is 1. The van der Waals surface area contributed by atoms with E-state index in [0.717, 1.165) is 16.7 Å². The van der Waals surface area contributed by atoms with Gasteiger partial charge in [0, 0.05) is 5.56 Å². The maximum Gasteiger partial charge on any atom is 0.296 e. The number of aryl methyl sites for hydroxylation is 1. The fraction of sp³-hybridized carbons (Fsp3) is 0.259. The van der Waals surface area contributed by atoms with E-state index in [4.69, 9.17) is 4.42 Å². The third-order valence-corrected chi connectivity index (χ3v) is 5.86. The van der Waals surface area contributed by atoms with Gasteiger partial charge in [-0.15, -0.1) is 0 Å². The second kappa shape index (κ2) is 8.15. The van der Waals surface area contributed by atoms with Gasteiger partial charge in [-0.05, 0) is 35.6 Å². The number of rotatable bonds is 4. The van der Waals surface area contributed by atoms with Gasteiger partial charge in [0.2, 0.25) is 0 Å². The number of nitrogens with zero attached hydrogens (tertiary/aromatic N) is 1. The van der Waals surface area contributed by atoms with Crippen molar-refractivity contribution in [1.29, 1.82) is 0 Å². The maximum atomic E-state index is 13.1. The number of aliphatic hydroxyl groups excluding tert-OH is 1. The molecule has 1 atom stereocenters. The lowest BCUT2D eigenvalue weighted by Crippen LogP contribution is -2.29. The number of hydrogen-bond donors (Lipinski definition) is 1. The second-order valence-electron chi connectivity index (χ2n) is 9.24. The molecule has 2 aromatic carbocycles. The minimum Gasteiger partial charge on any atom is -0.507 e. The van der Waals surface area contributed by atoms with Gasteiger partial charge in [-0.2, -0.15) is 0 Å². The van der Waals surface area contributed by atoms with Crippen LogP contribution in [0.5, 0.6) is 0 Å². The Labute approximate surface area is 188 Å². The molecular formula is C27H27NO4. The Kier molecular flexibility index (Phi) is 5.51. The Bertz CT molecular complexity index is 1160. The Hall–Kier alpha value is -3.60. The normalized spacial score (nSPS) is 18.4. The van der Waals surface area contributed by atoms with Crippen LogP contribution in [0.1, 0.15) is 54.8 Å². The number of furan rings is 1. The molecule has 5 nitrogen and oxygen atoms in total. The molecule has 1 saturated heterocycles. The van der Waals surface area contributed by atoms with Crippen molar-refractivity contribution >= 4 is 17.4 Å². The van der Waals surface area contributed by atoms with Crippen molar-refractivity contribution in [2.75, 3.05) is 0 Å². The summed E-state index contributed by atoms with van der Waals surface area (Å²) in [7, 11) is 0. The average molecular weight is 430 g/mol. The molecule has 1 N–H and O–H groups in total. The van der Waals surface area contributed by atoms with Crippen LogP contribution in [0, 0.1) is 6.92 Å². The van der Waals surface area contributed by atoms with Crippen molar-refractivity contribution in [3.8, 4) is 0 Å². The van der Waals surface area contributed by atoms with Crippen LogP contribution in [0.15, 0.2) is 76.9 Å². The highest BCUT2D eigenvalue weighted by molar-refractivity contribution is 6.46. The summed E-state index contributed by atoms with van der Waals surface area (Å²) in [6.45, 7) is 8.46. The van der Waals surface area contributed by atoms with Gasteiger partial charge in [0.25, 0.3) is 11.7 Å². The molecule has 164 valence electrons. The molecule has 1 unspecified atom stereocenters. The summed E-state index contributed by atoms with van der Waals surface area (Å²) in [5.41, 5.74) is 3.50. The molecule has 4 rings (SSSR count). The monoisotopic (exact) mass is 429 g/mol. The van der Waals surface area contributed by atoms with E-state index >= 15 is 0 Å². The third kappa shape index (κ3) is 3.98. The number of carbonyl (C=O) groups is 2. The largest absolute Gasteiger partial charge is 0.507 e. The predicted molar refractivity (Wildman–Crippen MR) is 123 cm³/mol. The number of amides is 1. The first-order chi connectivity index (χ1) is 15.2. The highest BCUT2D eigenvalue weighted by atomic mass is 16.3. The topological polar surface area (TPSA) is 70.8 Å². The number of Topliss-reactive ketones (excluding diaryl/α,β-unsaturated/α-hetero) is 1. The molecule has 1 amide bonds. The van der Waals surface area contributed by atoms with Crippen LogP contribution < -0.4 is 0 Å². The minimum absolute atomic E-state index is 0.0313. The lowest BCUT2D eigenvalue weighted by Gasteiger charge is -2.26. The van der Waals surface area contributed by atoms with Crippen molar-refractivity contribution in [1.82, 2.24) is 4.90 Å². The zero-order valence-electron chi connectivity index (χ0n) is 18.8. The first-order valence-corrected chi connectivity index (χ1v) is 10.6. The molecule has 1 fully saturated rings. The summed E-state index contributed by atoms with van der Waals surface area (Å²) in [5.74, 6) is -0.951. The zero-order chi connectivity index (χ0) is 23.0. The van der Waals surface area contributed by atoms with Crippen molar-refractivity contribution in [2.45, 2.75) is 45.7 Å². The molecule has 0 radical (unpaired) electrons. The van der Waals surface area contributed by atoms with E-state index in [0.29, 0.717) is 11.3 Å². The summed E-state index contributed by atoms with van der Waals surface area (Å²) in [6.07, 6.45) is 1.53. The summed E-state index contributed by atoms with van der Waals surface area (Å²) in [6, 6.07) is 17.9. The van der Waals surface area contributed by atoms with Crippen LogP contribution >= 0.6 is 0 Å². The second-order valence-corrected chi connectivity index (χ2v) is 9.24. The van der Waals surface area contributed by atoms with Crippen LogP contribution in [0.25, 0.3) is 5.76 Å². The molecule has 2 heterocycles. The van der Waals surface area contributed by atoms with Gasteiger partial charge >= 0.3 is 0 Å². The average Bonchev–Trinajstić information content (AvgIpc) is 3.36. The quantitative estimate of drug-likeness (QED) is 0.337. The van der Waals surface area contributed by atoms with E-state index in [9.17, 15) is 14.7 Å². The van der Waals surface area contributed by atoms with E-state index in [1.807, 2.05) is 43.3 Å². The lowest BCUT2D eigenvalue weighted by atomic mass is 9.85. The van der Waals surface area contributed by atoms with E-state index in [2.05, 4.69) is 20.8 Å². The molecule has 0 aliphatic carbocycles. The lowest BCUT2D eigenvalue weighted by molar-refractivity contribution is -0.140. The Morgan fingerprint density at radius 1 is 1.00 bits per heavy atom. The van der Waals surface area contributed by atoms with Gasteiger partial charge < -0.3 is 14.4 Å². The molecule has 3 aromatic rings. The highest BCUT2D eigenvalue weighted by Crippen LogP contribution is 2.40. The van der Waals surface area contributed by atoms with Crippen molar-refractivity contribution < 1.29 is 19.1 Å². The molecule has 32 heavy (non-hydrogen) atoms. The standard InChI is InChI=1S/C27H27NO4/c1-17-7-9-19(10-8-17)24(29)22-23(18-11-13-20(14-12-18)27(2,3)4)28(26(31)25(22)30)16-21-6-5-15-32-21/h5-15,23,29H,16H2,1-4H3/b24-22+. The van der Waals surface area contributed by atoms with Crippen LogP contribution in [-0.2, 0) is 21.5 Å². The molecule has 1 aliphatic rings. The molecule has 1 aliphatic heterocycles. The number of benzene rings is 2. The number of hydrogen-bond acceptors (Lipinski definition) is 4. The van der Waals surface area contributed by atoms with Crippen LogP contribution in [0.4, 0.5) is 0 Å². The third-order valence-electron chi connectivity index (χ3n) is 5.86. The molecule has 0 bridgehead atoms. The van der Waals surface area contributed by atoms with Crippen LogP contribution in [-0.4, -0.2) is 21.7 Å². The van der Waals surface area contributed by atoms with E-state index in [-0.39, 0.29) is 23.3 Å². The zero-order valence-corrected chi connectivity index (χ0v) is 18.8. The Balaban J connectivity index is 1.85. The van der Waals surface area contributed by atoms with Crippen molar-refractivity contribution in [2.24, 2.45) is 0 Å². The van der Waals surface area contributed by atoms with Crippen molar-refractivity contribution in [3.63, 3.8) is 0 Å². The molecule has 0 spiro atoms. The predicted octanol–water partition coefficient (Wildman–Crippen LogP) is 5.51. The molecule has 5 heteroatoms. The van der Waals surface area contributed by atoms with Gasteiger partial charge in [0.05, 0.1) is 24.4 Å². The molecule has 0 saturated carbocycles. The van der Waals surface area contributed by atoms with Crippen LogP contribution in [0.3, 0.4) is 0 Å². The Morgan fingerprint density at radius 2 is 1.66 bits per heavy atom. The van der Waals surface area contributed by atoms with Gasteiger partial charge in [0.15, 0.2) is 0 Å². The molecule has 1 aromatic heterocycles. The maximum absolute atomic E-state index is 13.1. The van der Waals surface area contributed by atoms with E-state index in [1.165, 1.54) is 11.2 Å². The summed E-state index contributed by atoms with van der Waals surface area (Å²) >= 11 is 0. The fourth-order valence-electron chi connectivity index (χ4n) is 3.99.